The van der Waals surface area contributed by atoms with Crippen LogP contribution in [0.1, 0.15) is 32.3 Å². The Balaban J connectivity index is 2.02. The molecule has 100 valence electrons. The molecule has 0 radical (unpaired) electrons. The zero-order valence-corrected chi connectivity index (χ0v) is 12.0. The molecule has 1 saturated carbocycles. The number of nitrogens with zero attached hydrogens (tertiary/aromatic N) is 1. The molecule has 2 nitrogen and oxygen atoms in total. The molecule has 0 spiro atoms. The number of hydrogen-bond acceptors (Lipinski definition) is 2. The van der Waals surface area contributed by atoms with Crippen LogP contribution in [0.4, 0.5) is 5.69 Å². The van der Waals surface area contributed by atoms with Gasteiger partial charge in [0, 0.05) is 25.2 Å². The van der Waals surface area contributed by atoms with Gasteiger partial charge >= 0.3 is 0 Å². The molecule has 0 bridgehead atoms. The minimum atomic E-state index is -0.176. The molecule has 0 aliphatic heterocycles. The van der Waals surface area contributed by atoms with Gasteiger partial charge in [0.05, 0.1) is 6.10 Å². The molecule has 0 saturated heterocycles. The fourth-order valence-electron chi connectivity index (χ4n) is 3.01. The second-order valence-electron chi connectivity index (χ2n) is 6.45. The van der Waals surface area contributed by atoms with Crippen LogP contribution in [0.15, 0.2) is 24.3 Å². The van der Waals surface area contributed by atoms with Crippen LogP contribution in [-0.4, -0.2) is 24.8 Å². The van der Waals surface area contributed by atoms with Gasteiger partial charge in [-0.05, 0) is 42.9 Å². The van der Waals surface area contributed by atoms with E-state index in [1.54, 1.807) is 0 Å². The van der Waals surface area contributed by atoms with Gasteiger partial charge in [-0.2, -0.15) is 0 Å². The van der Waals surface area contributed by atoms with E-state index in [2.05, 4.69) is 57.0 Å². The van der Waals surface area contributed by atoms with E-state index in [0.29, 0.717) is 5.92 Å². The Morgan fingerprint density at radius 3 is 2.67 bits per heavy atom. The third-order valence-electron chi connectivity index (χ3n) is 4.36. The highest BCUT2D eigenvalue weighted by Crippen LogP contribution is 2.41. The SMILES string of the molecule is Cc1cccc(N(C)CC2CCC(C)(C)C2O)c1. The monoisotopic (exact) mass is 247 g/mol. The normalized spacial score (nSPS) is 26.3. The van der Waals surface area contributed by atoms with Crippen molar-refractivity contribution in [1.29, 1.82) is 0 Å². The van der Waals surface area contributed by atoms with Crippen molar-refractivity contribution in [2.24, 2.45) is 11.3 Å². The van der Waals surface area contributed by atoms with E-state index in [4.69, 9.17) is 0 Å². The number of hydrogen-bond donors (Lipinski definition) is 1. The predicted molar refractivity (Wildman–Crippen MR) is 77.0 cm³/mol. The van der Waals surface area contributed by atoms with Gasteiger partial charge in [0.25, 0.3) is 0 Å². The maximum atomic E-state index is 10.3. The lowest BCUT2D eigenvalue weighted by atomic mass is 9.87. The smallest absolute Gasteiger partial charge is 0.0636 e. The lowest BCUT2D eigenvalue weighted by Gasteiger charge is -2.29. The fourth-order valence-corrected chi connectivity index (χ4v) is 3.01. The number of aliphatic hydroxyl groups excluding tert-OH is 1. The first-order valence-corrected chi connectivity index (χ1v) is 6.86. The van der Waals surface area contributed by atoms with E-state index in [-0.39, 0.29) is 11.5 Å². The van der Waals surface area contributed by atoms with Crippen LogP contribution in [0.2, 0.25) is 0 Å². The molecule has 2 heteroatoms. The molecule has 1 aromatic carbocycles. The van der Waals surface area contributed by atoms with Crippen molar-refractivity contribution in [1.82, 2.24) is 0 Å². The van der Waals surface area contributed by atoms with Crippen LogP contribution in [0.5, 0.6) is 0 Å². The average Bonchev–Trinajstić information content (AvgIpc) is 2.56. The van der Waals surface area contributed by atoms with E-state index in [9.17, 15) is 5.11 Å². The Hall–Kier alpha value is -1.02. The molecule has 0 aromatic heterocycles. The van der Waals surface area contributed by atoms with Gasteiger partial charge in [-0.25, -0.2) is 0 Å². The number of aryl methyl sites for hydroxylation is 1. The number of anilines is 1. The third-order valence-corrected chi connectivity index (χ3v) is 4.36. The van der Waals surface area contributed by atoms with E-state index in [0.717, 1.165) is 19.4 Å². The van der Waals surface area contributed by atoms with Gasteiger partial charge < -0.3 is 10.0 Å². The Labute approximate surface area is 111 Å². The van der Waals surface area contributed by atoms with E-state index < -0.39 is 0 Å². The van der Waals surface area contributed by atoms with Crippen LogP contribution in [-0.2, 0) is 0 Å². The van der Waals surface area contributed by atoms with Gasteiger partial charge in [0.15, 0.2) is 0 Å². The summed E-state index contributed by atoms with van der Waals surface area (Å²) in [7, 11) is 2.12. The van der Waals surface area contributed by atoms with Crippen molar-refractivity contribution < 1.29 is 5.11 Å². The Morgan fingerprint density at radius 1 is 1.39 bits per heavy atom. The largest absolute Gasteiger partial charge is 0.392 e. The molecule has 18 heavy (non-hydrogen) atoms. The van der Waals surface area contributed by atoms with Crippen LogP contribution in [0.25, 0.3) is 0 Å². The van der Waals surface area contributed by atoms with Gasteiger partial charge in [0.1, 0.15) is 0 Å². The van der Waals surface area contributed by atoms with Crippen molar-refractivity contribution in [3.63, 3.8) is 0 Å². The van der Waals surface area contributed by atoms with Crippen molar-refractivity contribution in [2.45, 2.75) is 39.7 Å². The minimum absolute atomic E-state index is 0.0815. The van der Waals surface area contributed by atoms with Crippen molar-refractivity contribution in [3.05, 3.63) is 29.8 Å². The molecule has 2 atom stereocenters. The summed E-state index contributed by atoms with van der Waals surface area (Å²) in [6.07, 6.45) is 2.08. The number of benzene rings is 1. The topological polar surface area (TPSA) is 23.5 Å². The maximum absolute atomic E-state index is 10.3. The van der Waals surface area contributed by atoms with Crippen LogP contribution in [0.3, 0.4) is 0 Å². The number of aliphatic hydroxyl groups is 1. The zero-order valence-electron chi connectivity index (χ0n) is 12.0. The summed E-state index contributed by atoms with van der Waals surface area (Å²) < 4.78 is 0. The van der Waals surface area contributed by atoms with Gasteiger partial charge in [0.2, 0.25) is 0 Å². The average molecular weight is 247 g/mol. The Kier molecular flexibility index (Phi) is 3.67. The summed E-state index contributed by atoms with van der Waals surface area (Å²) in [5, 5.41) is 10.3. The van der Waals surface area contributed by atoms with Crippen LogP contribution >= 0.6 is 0 Å². The lowest BCUT2D eigenvalue weighted by Crippen LogP contribution is -2.35. The molecular weight excluding hydrogens is 222 g/mol. The number of rotatable bonds is 3. The Bertz CT molecular complexity index is 413. The molecule has 1 aromatic rings. The predicted octanol–water partition coefficient (Wildman–Crippen LogP) is 3.23. The summed E-state index contributed by atoms with van der Waals surface area (Å²) in [6, 6.07) is 8.55. The van der Waals surface area contributed by atoms with E-state index in [1.165, 1.54) is 11.3 Å². The highest BCUT2D eigenvalue weighted by Gasteiger charge is 2.40. The zero-order chi connectivity index (χ0) is 13.3. The molecule has 1 fully saturated rings. The molecular formula is C16H25NO. The van der Waals surface area contributed by atoms with Crippen molar-refractivity contribution in [3.8, 4) is 0 Å². The molecule has 0 heterocycles. The molecule has 1 aliphatic rings. The summed E-state index contributed by atoms with van der Waals surface area (Å²) in [5.41, 5.74) is 2.61. The molecule has 2 unspecified atom stereocenters. The van der Waals surface area contributed by atoms with E-state index >= 15 is 0 Å². The quantitative estimate of drug-likeness (QED) is 0.886. The van der Waals surface area contributed by atoms with Gasteiger partial charge in [-0.15, -0.1) is 0 Å². The summed E-state index contributed by atoms with van der Waals surface area (Å²) in [5.74, 6) is 0.394. The van der Waals surface area contributed by atoms with Crippen molar-refractivity contribution >= 4 is 5.69 Å². The molecule has 2 rings (SSSR count). The van der Waals surface area contributed by atoms with Crippen molar-refractivity contribution in [2.75, 3.05) is 18.5 Å². The highest BCUT2D eigenvalue weighted by atomic mass is 16.3. The van der Waals surface area contributed by atoms with E-state index in [1.807, 2.05) is 0 Å². The standard InChI is InChI=1S/C16H25NO/c1-12-6-5-7-14(10-12)17(4)11-13-8-9-16(2,3)15(13)18/h5-7,10,13,15,18H,8-9,11H2,1-4H3. The lowest BCUT2D eigenvalue weighted by molar-refractivity contribution is 0.0484. The summed E-state index contributed by atoms with van der Waals surface area (Å²) in [4.78, 5) is 2.27. The van der Waals surface area contributed by atoms with Crippen LogP contribution in [0, 0.1) is 18.3 Å². The second kappa shape index (κ2) is 4.93. The maximum Gasteiger partial charge on any atom is 0.0636 e. The first kappa shape index (κ1) is 13.4. The van der Waals surface area contributed by atoms with Crippen LogP contribution < -0.4 is 4.90 Å². The van der Waals surface area contributed by atoms with Gasteiger partial charge in [-0.3, -0.25) is 0 Å². The van der Waals surface area contributed by atoms with Gasteiger partial charge in [-0.1, -0.05) is 26.0 Å². The second-order valence-corrected chi connectivity index (χ2v) is 6.45. The Morgan fingerprint density at radius 2 is 2.11 bits per heavy atom. The fraction of sp³-hybridized carbons (Fsp3) is 0.625. The first-order valence-electron chi connectivity index (χ1n) is 6.86. The molecule has 1 aliphatic carbocycles. The molecule has 1 N–H and O–H groups in total. The minimum Gasteiger partial charge on any atom is -0.392 e. The summed E-state index contributed by atoms with van der Waals surface area (Å²) in [6.45, 7) is 7.40. The first-order chi connectivity index (χ1) is 8.40. The molecule has 0 amide bonds. The highest BCUT2D eigenvalue weighted by molar-refractivity contribution is 5.47. The summed E-state index contributed by atoms with van der Waals surface area (Å²) >= 11 is 0. The third kappa shape index (κ3) is 2.69.